The van der Waals surface area contributed by atoms with Crippen molar-refractivity contribution >= 4 is 5.91 Å². The fraction of sp³-hybridized carbons (Fsp3) is 0.611. The number of rotatable bonds is 4. The number of hydrogen-bond donors (Lipinski definition) is 1. The van der Waals surface area contributed by atoms with E-state index in [1.165, 1.54) is 11.1 Å². The molecule has 3 atom stereocenters. The molecule has 0 aromatic heterocycles. The zero-order chi connectivity index (χ0) is 15.4. The molecule has 1 aliphatic rings. The van der Waals surface area contributed by atoms with Gasteiger partial charge in [-0.3, -0.25) is 4.79 Å². The number of aliphatic hydroxyl groups is 1. The van der Waals surface area contributed by atoms with Gasteiger partial charge in [-0.2, -0.15) is 0 Å². The van der Waals surface area contributed by atoms with E-state index in [1.807, 2.05) is 18.7 Å². The van der Waals surface area contributed by atoms with E-state index in [9.17, 15) is 9.90 Å². The number of carbonyl (C=O) groups excluding carboxylic acids is 1. The van der Waals surface area contributed by atoms with Gasteiger partial charge >= 0.3 is 0 Å². The number of nitrogens with zero attached hydrogens (tertiary/aromatic N) is 1. The molecule has 1 N–H and O–H groups in total. The maximum atomic E-state index is 12.6. The van der Waals surface area contributed by atoms with E-state index in [1.54, 1.807) is 0 Å². The summed E-state index contributed by atoms with van der Waals surface area (Å²) in [7, 11) is 0. The van der Waals surface area contributed by atoms with E-state index in [0.29, 0.717) is 6.54 Å². The normalized spacial score (nSPS) is 21.9. The minimum absolute atomic E-state index is 0.000421. The van der Waals surface area contributed by atoms with E-state index < -0.39 is 0 Å². The summed E-state index contributed by atoms with van der Waals surface area (Å²) in [5.41, 5.74) is 2.46. The Labute approximate surface area is 128 Å². The first-order chi connectivity index (χ1) is 9.97. The molecule has 0 bridgehead atoms. The highest BCUT2D eigenvalue weighted by atomic mass is 16.3. The van der Waals surface area contributed by atoms with Crippen LogP contribution in [0.25, 0.3) is 0 Å². The standard InChI is InChI=1S/C18H27NO2/c1-13-6-8-16(9-7-13)11-14(2)18(21)19-10-4-5-17(12-19)15(3)20/h6-9,14-15,17,20H,4-5,10-12H2,1-3H3. The van der Waals surface area contributed by atoms with Gasteiger partial charge in [0.1, 0.15) is 0 Å². The smallest absolute Gasteiger partial charge is 0.225 e. The Kier molecular flexibility index (Phi) is 5.40. The Balaban J connectivity index is 1.93. The van der Waals surface area contributed by atoms with Crippen LogP contribution >= 0.6 is 0 Å². The van der Waals surface area contributed by atoms with Gasteiger partial charge in [0.2, 0.25) is 5.91 Å². The Morgan fingerprint density at radius 1 is 1.33 bits per heavy atom. The van der Waals surface area contributed by atoms with Crippen LogP contribution in [0.15, 0.2) is 24.3 Å². The summed E-state index contributed by atoms with van der Waals surface area (Å²) in [5, 5.41) is 9.74. The molecule has 2 rings (SSSR count). The molecule has 1 aliphatic heterocycles. The first-order valence-corrected chi connectivity index (χ1v) is 7.99. The van der Waals surface area contributed by atoms with Crippen LogP contribution in [0.5, 0.6) is 0 Å². The van der Waals surface area contributed by atoms with E-state index in [4.69, 9.17) is 0 Å². The van der Waals surface area contributed by atoms with Crippen molar-refractivity contribution in [2.75, 3.05) is 13.1 Å². The van der Waals surface area contributed by atoms with Crippen molar-refractivity contribution in [1.29, 1.82) is 0 Å². The highest BCUT2D eigenvalue weighted by molar-refractivity contribution is 5.79. The molecule has 1 amide bonds. The third-order valence-corrected chi connectivity index (χ3v) is 4.54. The zero-order valence-corrected chi connectivity index (χ0v) is 13.4. The fourth-order valence-electron chi connectivity index (χ4n) is 3.08. The molecule has 3 nitrogen and oxygen atoms in total. The summed E-state index contributed by atoms with van der Waals surface area (Å²) in [5.74, 6) is 0.454. The predicted octanol–water partition coefficient (Wildman–Crippen LogP) is 2.79. The van der Waals surface area contributed by atoms with Crippen molar-refractivity contribution in [3.63, 3.8) is 0 Å². The van der Waals surface area contributed by atoms with Crippen LogP contribution in [0, 0.1) is 18.8 Å². The number of amides is 1. The van der Waals surface area contributed by atoms with Gasteiger partial charge in [-0.25, -0.2) is 0 Å². The van der Waals surface area contributed by atoms with Crippen LogP contribution < -0.4 is 0 Å². The Morgan fingerprint density at radius 3 is 2.62 bits per heavy atom. The average molecular weight is 289 g/mol. The van der Waals surface area contributed by atoms with Gasteiger partial charge in [-0.15, -0.1) is 0 Å². The molecule has 0 aliphatic carbocycles. The van der Waals surface area contributed by atoms with Crippen LogP contribution in [0.2, 0.25) is 0 Å². The summed E-state index contributed by atoms with van der Waals surface area (Å²) >= 11 is 0. The molecule has 0 spiro atoms. The van der Waals surface area contributed by atoms with Crippen molar-refractivity contribution in [2.24, 2.45) is 11.8 Å². The summed E-state index contributed by atoms with van der Waals surface area (Å²) in [6.07, 6.45) is 2.48. The number of carbonyl (C=O) groups is 1. The number of benzene rings is 1. The first-order valence-electron chi connectivity index (χ1n) is 7.99. The lowest BCUT2D eigenvalue weighted by Crippen LogP contribution is -2.45. The van der Waals surface area contributed by atoms with Crippen LogP contribution in [-0.2, 0) is 11.2 Å². The molecule has 0 saturated carbocycles. The van der Waals surface area contributed by atoms with Crippen molar-refractivity contribution in [3.05, 3.63) is 35.4 Å². The van der Waals surface area contributed by atoms with E-state index in [2.05, 4.69) is 31.2 Å². The third kappa shape index (κ3) is 4.31. The van der Waals surface area contributed by atoms with Crippen LogP contribution in [0.3, 0.4) is 0 Å². The van der Waals surface area contributed by atoms with Crippen LogP contribution in [0.1, 0.15) is 37.8 Å². The average Bonchev–Trinajstić information content (AvgIpc) is 2.49. The number of aryl methyl sites for hydroxylation is 1. The maximum absolute atomic E-state index is 12.6. The molecule has 0 radical (unpaired) electrons. The van der Waals surface area contributed by atoms with Crippen molar-refractivity contribution < 1.29 is 9.90 Å². The monoisotopic (exact) mass is 289 g/mol. The Bertz CT molecular complexity index is 467. The second kappa shape index (κ2) is 7.08. The largest absolute Gasteiger partial charge is 0.393 e. The fourth-order valence-corrected chi connectivity index (χ4v) is 3.08. The van der Waals surface area contributed by atoms with Gasteiger partial charge in [-0.1, -0.05) is 36.8 Å². The minimum atomic E-state index is -0.326. The molecule has 1 aromatic carbocycles. The van der Waals surface area contributed by atoms with Gasteiger partial charge in [-0.05, 0) is 38.7 Å². The Morgan fingerprint density at radius 2 is 2.00 bits per heavy atom. The molecular formula is C18H27NO2. The number of hydrogen-bond acceptors (Lipinski definition) is 2. The Hall–Kier alpha value is -1.35. The summed E-state index contributed by atoms with van der Waals surface area (Å²) < 4.78 is 0. The molecule has 1 heterocycles. The molecule has 1 fully saturated rings. The van der Waals surface area contributed by atoms with Gasteiger partial charge in [0, 0.05) is 24.9 Å². The lowest BCUT2D eigenvalue weighted by Gasteiger charge is -2.35. The topological polar surface area (TPSA) is 40.5 Å². The van der Waals surface area contributed by atoms with Crippen LogP contribution in [0.4, 0.5) is 0 Å². The highest BCUT2D eigenvalue weighted by Gasteiger charge is 2.28. The molecule has 116 valence electrons. The number of aliphatic hydroxyl groups excluding tert-OH is 1. The van der Waals surface area contributed by atoms with E-state index >= 15 is 0 Å². The summed E-state index contributed by atoms with van der Waals surface area (Å²) in [6.45, 7) is 7.44. The number of likely N-dealkylation sites (tertiary alicyclic amines) is 1. The first kappa shape index (κ1) is 16.0. The van der Waals surface area contributed by atoms with Gasteiger partial charge in [0.05, 0.1) is 6.10 Å². The van der Waals surface area contributed by atoms with Gasteiger partial charge in [0.15, 0.2) is 0 Å². The minimum Gasteiger partial charge on any atom is -0.393 e. The molecule has 1 saturated heterocycles. The third-order valence-electron chi connectivity index (χ3n) is 4.54. The highest BCUT2D eigenvalue weighted by Crippen LogP contribution is 2.22. The molecule has 3 heteroatoms. The summed E-state index contributed by atoms with van der Waals surface area (Å²) in [4.78, 5) is 14.5. The number of piperidine rings is 1. The molecule has 1 aromatic rings. The van der Waals surface area contributed by atoms with E-state index in [-0.39, 0.29) is 23.8 Å². The maximum Gasteiger partial charge on any atom is 0.225 e. The lowest BCUT2D eigenvalue weighted by molar-refractivity contribution is -0.137. The van der Waals surface area contributed by atoms with Gasteiger partial charge < -0.3 is 10.0 Å². The molecule has 3 unspecified atom stereocenters. The quantitative estimate of drug-likeness (QED) is 0.926. The zero-order valence-electron chi connectivity index (χ0n) is 13.4. The van der Waals surface area contributed by atoms with Gasteiger partial charge in [0.25, 0.3) is 0 Å². The lowest BCUT2D eigenvalue weighted by atomic mass is 9.91. The van der Waals surface area contributed by atoms with Crippen molar-refractivity contribution in [3.8, 4) is 0 Å². The van der Waals surface area contributed by atoms with Crippen LogP contribution in [-0.4, -0.2) is 35.1 Å². The predicted molar refractivity (Wildman–Crippen MR) is 85.0 cm³/mol. The van der Waals surface area contributed by atoms with Crippen molar-refractivity contribution in [1.82, 2.24) is 4.90 Å². The second-order valence-corrected chi connectivity index (χ2v) is 6.52. The summed E-state index contributed by atoms with van der Waals surface area (Å²) in [6, 6.07) is 8.40. The molecule has 21 heavy (non-hydrogen) atoms. The van der Waals surface area contributed by atoms with Crippen molar-refractivity contribution in [2.45, 2.75) is 46.1 Å². The molecular weight excluding hydrogens is 262 g/mol. The SMILES string of the molecule is Cc1ccc(CC(C)C(=O)N2CCCC(C(C)O)C2)cc1. The van der Waals surface area contributed by atoms with E-state index in [0.717, 1.165) is 25.8 Å². The second-order valence-electron chi connectivity index (χ2n) is 6.52.